The molecule has 2 aromatic rings. The second kappa shape index (κ2) is 7.61. The average Bonchev–Trinajstić information content (AvgIpc) is 2.95. The Morgan fingerprint density at radius 1 is 1.30 bits per heavy atom. The first-order valence-electron chi connectivity index (χ1n) is 7.39. The number of nitrogens with zero attached hydrogens (tertiary/aromatic N) is 2. The largest absolute Gasteiger partial charge is 0.459 e. The minimum atomic E-state index is -0.262. The lowest BCUT2D eigenvalue weighted by Gasteiger charge is -2.22. The normalized spacial score (nSPS) is 10.3. The Morgan fingerprint density at radius 2 is 2.00 bits per heavy atom. The summed E-state index contributed by atoms with van der Waals surface area (Å²) >= 11 is 0. The molecule has 0 aliphatic heterocycles. The second-order valence-corrected chi connectivity index (χ2v) is 5.42. The van der Waals surface area contributed by atoms with E-state index in [9.17, 15) is 4.79 Å². The summed E-state index contributed by atoms with van der Waals surface area (Å²) in [6, 6.07) is 9.72. The maximum atomic E-state index is 12.9. The number of rotatable bonds is 6. The highest BCUT2D eigenvalue weighted by Gasteiger charge is 2.23. The summed E-state index contributed by atoms with van der Waals surface area (Å²) in [6.45, 7) is 4.57. The third-order valence-electron chi connectivity index (χ3n) is 3.45. The third-order valence-corrected chi connectivity index (χ3v) is 3.45. The van der Waals surface area contributed by atoms with Crippen LogP contribution >= 0.6 is 0 Å². The van der Waals surface area contributed by atoms with Gasteiger partial charge in [-0.2, -0.15) is 5.26 Å². The zero-order valence-electron chi connectivity index (χ0n) is 13.6. The molecule has 23 heavy (non-hydrogen) atoms. The van der Waals surface area contributed by atoms with E-state index < -0.39 is 0 Å². The number of nitriles is 1. The summed E-state index contributed by atoms with van der Waals surface area (Å²) in [5.74, 6) is -0.00810. The van der Waals surface area contributed by atoms with Crippen molar-refractivity contribution in [2.24, 2.45) is 0 Å². The minimum absolute atomic E-state index is 0.249. The smallest absolute Gasteiger partial charge is 0.294 e. The Bertz CT molecular complexity index is 708. The van der Waals surface area contributed by atoms with Crippen LogP contribution in [0.2, 0.25) is 0 Å². The van der Waals surface area contributed by atoms with E-state index in [4.69, 9.17) is 14.4 Å². The maximum Gasteiger partial charge on any atom is 0.294 e. The lowest BCUT2D eigenvalue weighted by atomic mass is 10.1. The molecule has 0 saturated heterocycles. The van der Waals surface area contributed by atoms with E-state index >= 15 is 0 Å². The van der Waals surface area contributed by atoms with Crippen LogP contribution in [0.3, 0.4) is 0 Å². The lowest BCUT2D eigenvalue weighted by Crippen LogP contribution is -2.32. The number of carbonyl (C=O) groups excluding carboxylic acids is 1. The van der Waals surface area contributed by atoms with Crippen LogP contribution in [-0.2, 0) is 11.3 Å². The Hall–Kier alpha value is -2.58. The second-order valence-electron chi connectivity index (χ2n) is 5.42. The van der Waals surface area contributed by atoms with E-state index in [1.54, 1.807) is 18.1 Å². The van der Waals surface area contributed by atoms with Crippen molar-refractivity contribution in [1.82, 2.24) is 0 Å². The van der Waals surface area contributed by atoms with Crippen molar-refractivity contribution in [1.29, 1.82) is 5.26 Å². The monoisotopic (exact) mass is 312 g/mol. The van der Waals surface area contributed by atoms with Gasteiger partial charge in [-0.15, -0.1) is 0 Å². The number of anilines is 1. The zero-order chi connectivity index (χ0) is 16.8. The van der Waals surface area contributed by atoms with Gasteiger partial charge in [-0.1, -0.05) is 6.07 Å². The van der Waals surface area contributed by atoms with Gasteiger partial charge in [0.05, 0.1) is 25.4 Å². The summed E-state index contributed by atoms with van der Waals surface area (Å²) in [5, 5.41) is 8.89. The predicted molar refractivity (Wildman–Crippen MR) is 87.2 cm³/mol. The number of furan rings is 1. The Morgan fingerprint density at radius 3 is 2.61 bits per heavy atom. The quantitative estimate of drug-likeness (QED) is 0.817. The molecule has 0 saturated carbocycles. The number of carbonyl (C=O) groups is 1. The van der Waals surface area contributed by atoms with Crippen LogP contribution < -0.4 is 4.90 Å². The molecule has 0 aliphatic carbocycles. The van der Waals surface area contributed by atoms with Crippen molar-refractivity contribution in [3.8, 4) is 6.07 Å². The van der Waals surface area contributed by atoms with E-state index in [-0.39, 0.29) is 18.1 Å². The summed E-state index contributed by atoms with van der Waals surface area (Å²) in [7, 11) is 1.57. The number of hydrogen-bond acceptors (Lipinski definition) is 4. The first-order valence-corrected chi connectivity index (χ1v) is 7.39. The molecule has 0 spiro atoms. The SMILES string of the molecule is COCc1ccoc1C(=O)N(CCC#N)c1cc(C)cc(C)c1. The van der Waals surface area contributed by atoms with Crippen LogP contribution in [0.15, 0.2) is 34.9 Å². The van der Waals surface area contributed by atoms with Gasteiger partial charge >= 0.3 is 0 Å². The van der Waals surface area contributed by atoms with Crippen molar-refractivity contribution >= 4 is 11.6 Å². The van der Waals surface area contributed by atoms with E-state index in [0.717, 1.165) is 16.8 Å². The van der Waals surface area contributed by atoms with Gasteiger partial charge in [-0.05, 0) is 43.2 Å². The van der Waals surface area contributed by atoms with Gasteiger partial charge < -0.3 is 14.1 Å². The van der Waals surface area contributed by atoms with Gasteiger partial charge in [0, 0.05) is 24.9 Å². The van der Waals surface area contributed by atoms with Crippen molar-refractivity contribution < 1.29 is 13.9 Å². The number of amides is 1. The van der Waals surface area contributed by atoms with Crippen molar-refractivity contribution in [2.45, 2.75) is 26.9 Å². The Kier molecular flexibility index (Phi) is 5.56. The van der Waals surface area contributed by atoms with Crippen LogP contribution in [0.25, 0.3) is 0 Å². The highest BCUT2D eigenvalue weighted by Crippen LogP contribution is 2.23. The van der Waals surface area contributed by atoms with Crippen molar-refractivity contribution in [3.05, 3.63) is 53.0 Å². The van der Waals surface area contributed by atoms with Gasteiger partial charge in [0.2, 0.25) is 0 Å². The fourth-order valence-electron chi connectivity index (χ4n) is 2.53. The van der Waals surface area contributed by atoms with Crippen LogP contribution in [0.5, 0.6) is 0 Å². The molecule has 2 rings (SSSR count). The lowest BCUT2D eigenvalue weighted by molar-refractivity contribution is 0.0954. The van der Waals surface area contributed by atoms with Gasteiger partial charge in [0.1, 0.15) is 0 Å². The molecule has 0 bridgehead atoms. The Balaban J connectivity index is 2.39. The van der Waals surface area contributed by atoms with Crippen LogP contribution in [0.4, 0.5) is 5.69 Å². The molecule has 5 heteroatoms. The molecular weight excluding hydrogens is 292 g/mol. The van der Waals surface area contributed by atoms with Gasteiger partial charge in [-0.25, -0.2) is 0 Å². The number of methoxy groups -OCH3 is 1. The molecule has 0 atom stereocenters. The summed E-state index contributed by atoms with van der Waals surface area (Å²) in [5.41, 5.74) is 3.59. The number of hydrogen-bond donors (Lipinski definition) is 0. The van der Waals surface area contributed by atoms with Crippen LogP contribution in [-0.4, -0.2) is 19.6 Å². The van der Waals surface area contributed by atoms with E-state index in [0.29, 0.717) is 18.7 Å². The standard InChI is InChI=1S/C18H20N2O3/c1-13-9-14(2)11-16(10-13)20(7-4-6-19)18(21)17-15(12-22-3)5-8-23-17/h5,8-11H,4,7,12H2,1-3H3. The molecule has 1 aromatic heterocycles. The highest BCUT2D eigenvalue weighted by atomic mass is 16.5. The molecule has 0 radical (unpaired) electrons. The molecule has 120 valence electrons. The van der Waals surface area contributed by atoms with E-state index in [2.05, 4.69) is 6.07 Å². The number of ether oxygens (including phenoxy) is 1. The van der Waals surface area contributed by atoms with Gasteiger partial charge in [-0.3, -0.25) is 4.79 Å². The predicted octanol–water partition coefficient (Wildman–Crippen LogP) is 3.60. The fraction of sp³-hybridized carbons (Fsp3) is 0.333. The first-order chi connectivity index (χ1) is 11.1. The molecule has 0 aliphatic rings. The topological polar surface area (TPSA) is 66.5 Å². The molecule has 1 aromatic carbocycles. The van der Waals surface area contributed by atoms with E-state index in [1.165, 1.54) is 6.26 Å². The minimum Gasteiger partial charge on any atom is -0.459 e. The average molecular weight is 312 g/mol. The van der Waals surface area contributed by atoms with Gasteiger partial charge in [0.15, 0.2) is 5.76 Å². The Labute approximate surface area is 136 Å². The molecule has 1 heterocycles. The highest BCUT2D eigenvalue weighted by molar-refractivity contribution is 6.05. The summed E-state index contributed by atoms with van der Waals surface area (Å²) < 4.78 is 10.5. The zero-order valence-corrected chi connectivity index (χ0v) is 13.6. The molecule has 0 unspecified atom stereocenters. The molecule has 1 amide bonds. The van der Waals surface area contributed by atoms with E-state index in [1.807, 2.05) is 32.0 Å². The van der Waals surface area contributed by atoms with Gasteiger partial charge in [0.25, 0.3) is 5.91 Å². The molecular formula is C18H20N2O3. The van der Waals surface area contributed by atoms with Crippen molar-refractivity contribution in [2.75, 3.05) is 18.6 Å². The maximum absolute atomic E-state index is 12.9. The van der Waals surface area contributed by atoms with Crippen LogP contribution in [0, 0.1) is 25.2 Å². The number of benzene rings is 1. The fourth-order valence-corrected chi connectivity index (χ4v) is 2.53. The summed E-state index contributed by atoms with van der Waals surface area (Å²) in [6.07, 6.45) is 1.73. The first kappa shape index (κ1) is 16.8. The number of aryl methyl sites for hydroxylation is 2. The van der Waals surface area contributed by atoms with Crippen molar-refractivity contribution in [3.63, 3.8) is 0 Å². The molecule has 0 fully saturated rings. The molecule has 5 nitrogen and oxygen atoms in total. The van der Waals surface area contributed by atoms with Crippen LogP contribution in [0.1, 0.15) is 33.7 Å². The molecule has 0 N–H and O–H groups in total. The summed E-state index contributed by atoms with van der Waals surface area (Å²) in [4.78, 5) is 14.5. The third kappa shape index (κ3) is 3.99.